The fourth-order valence-corrected chi connectivity index (χ4v) is 3.24. The van der Waals surface area contributed by atoms with Gasteiger partial charge in [-0.2, -0.15) is 0 Å². The van der Waals surface area contributed by atoms with E-state index in [4.69, 9.17) is 23.2 Å². The van der Waals surface area contributed by atoms with Crippen molar-refractivity contribution < 1.29 is 9.59 Å². The van der Waals surface area contributed by atoms with Crippen LogP contribution in [0.2, 0.25) is 10.0 Å². The van der Waals surface area contributed by atoms with Gasteiger partial charge in [0.2, 0.25) is 5.91 Å². The highest BCUT2D eigenvalue weighted by Gasteiger charge is 2.24. The van der Waals surface area contributed by atoms with Gasteiger partial charge in [-0.1, -0.05) is 41.4 Å². The molecule has 1 N–H and O–H groups in total. The van der Waals surface area contributed by atoms with E-state index in [0.717, 1.165) is 5.69 Å². The third-order valence-electron chi connectivity index (χ3n) is 4.24. The van der Waals surface area contributed by atoms with Crippen molar-refractivity contribution in [2.75, 3.05) is 38.0 Å². The minimum atomic E-state index is -0.133. The molecule has 2 amide bonds. The monoisotopic (exact) mass is 391 g/mol. The molecule has 136 valence electrons. The van der Waals surface area contributed by atoms with Crippen LogP contribution in [-0.4, -0.2) is 54.3 Å². The van der Waals surface area contributed by atoms with Crippen molar-refractivity contribution in [1.29, 1.82) is 0 Å². The van der Waals surface area contributed by atoms with Crippen LogP contribution in [0.5, 0.6) is 0 Å². The fourth-order valence-electron chi connectivity index (χ4n) is 2.87. The summed E-state index contributed by atoms with van der Waals surface area (Å²) < 4.78 is 0. The zero-order valence-corrected chi connectivity index (χ0v) is 15.6. The Hall–Kier alpha value is -2.08. The summed E-state index contributed by atoms with van der Waals surface area (Å²) in [7, 11) is 0. The molecule has 0 saturated carbocycles. The highest BCUT2D eigenvalue weighted by molar-refractivity contribution is 6.35. The molecule has 1 aliphatic heterocycles. The van der Waals surface area contributed by atoms with Gasteiger partial charge in [-0.05, 0) is 30.3 Å². The predicted molar refractivity (Wildman–Crippen MR) is 104 cm³/mol. The summed E-state index contributed by atoms with van der Waals surface area (Å²) in [5.74, 6) is -0.195. The first-order valence-corrected chi connectivity index (χ1v) is 9.10. The maximum atomic E-state index is 12.6. The number of nitrogens with one attached hydrogen (secondary N) is 1. The smallest absolute Gasteiger partial charge is 0.255 e. The van der Waals surface area contributed by atoms with Crippen molar-refractivity contribution in [3.63, 3.8) is 0 Å². The van der Waals surface area contributed by atoms with Crippen LogP contribution >= 0.6 is 23.2 Å². The summed E-state index contributed by atoms with van der Waals surface area (Å²) in [6.07, 6.45) is 0. The molecule has 3 rings (SSSR count). The van der Waals surface area contributed by atoms with E-state index in [2.05, 4.69) is 5.32 Å². The van der Waals surface area contributed by atoms with Crippen molar-refractivity contribution in [2.45, 2.75) is 0 Å². The molecular formula is C19H19Cl2N3O2. The van der Waals surface area contributed by atoms with E-state index in [9.17, 15) is 9.59 Å². The lowest BCUT2D eigenvalue weighted by molar-refractivity contribution is -0.117. The number of benzene rings is 2. The number of amides is 2. The van der Waals surface area contributed by atoms with Gasteiger partial charge in [0, 0.05) is 36.9 Å². The van der Waals surface area contributed by atoms with E-state index in [1.807, 2.05) is 35.2 Å². The van der Waals surface area contributed by atoms with Gasteiger partial charge in [-0.3, -0.25) is 14.5 Å². The SMILES string of the molecule is O=C(CN1CCN(C(=O)c2cc(Cl)ccc2Cl)CC1)Nc1ccccc1. The number of para-hydroxylation sites is 1. The topological polar surface area (TPSA) is 52.7 Å². The lowest BCUT2D eigenvalue weighted by Gasteiger charge is -2.34. The molecule has 2 aromatic carbocycles. The summed E-state index contributed by atoms with van der Waals surface area (Å²) in [6.45, 7) is 2.65. The number of rotatable bonds is 4. The molecule has 0 aromatic heterocycles. The van der Waals surface area contributed by atoms with E-state index in [1.165, 1.54) is 0 Å². The molecule has 1 heterocycles. The normalized spacial score (nSPS) is 14.9. The highest BCUT2D eigenvalue weighted by Crippen LogP contribution is 2.22. The van der Waals surface area contributed by atoms with Gasteiger partial charge in [-0.15, -0.1) is 0 Å². The summed E-state index contributed by atoms with van der Waals surface area (Å²) in [5, 5.41) is 3.74. The van der Waals surface area contributed by atoms with Crippen molar-refractivity contribution in [2.24, 2.45) is 0 Å². The Bertz CT molecular complexity index is 791. The van der Waals surface area contributed by atoms with Crippen LogP contribution in [0.4, 0.5) is 5.69 Å². The fraction of sp³-hybridized carbons (Fsp3) is 0.263. The largest absolute Gasteiger partial charge is 0.336 e. The maximum absolute atomic E-state index is 12.6. The zero-order valence-electron chi connectivity index (χ0n) is 14.1. The van der Waals surface area contributed by atoms with Crippen LogP contribution in [0.25, 0.3) is 0 Å². The quantitative estimate of drug-likeness (QED) is 0.868. The summed E-state index contributed by atoms with van der Waals surface area (Å²) in [5.41, 5.74) is 1.19. The third kappa shape index (κ3) is 4.75. The maximum Gasteiger partial charge on any atom is 0.255 e. The van der Waals surface area contributed by atoms with Gasteiger partial charge in [-0.25, -0.2) is 0 Å². The Labute approximate surface area is 162 Å². The zero-order chi connectivity index (χ0) is 18.5. The van der Waals surface area contributed by atoms with Gasteiger partial charge >= 0.3 is 0 Å². The molecule has 1 saturated heterocycles. The molecule has 7 heteroatoms. The van der Waals surface area contributed by atoms with Crippen LogP contribution in [0, 0.1) is 0 Å². The van der Waals surface area contributed by atoms with Gasteiger partial charge in [0.15, 0.2) is 0 Å². The summed E-state index contributed by atoms with van der Waals surface area (Å²) in [4.78, 5) is 28.5. The standard InChI is InChI=1S/C19H19Cl2N3O2/c20-14-6-7-17(21)16(12-14)19(26)24-10-8-23(9-11-24)13-18(25)22-15-4-2-1-3-5-15/h1-7,12H,8-11,13H2,(H,22,25). The van der Waals surface area contributed by atoms with Gasteiger partial charge < -0.3 is 10.2 Å². The average molecular weight is 392 g/mol. The van der Waals surface area contributed by atoms with Crippen molar-refractivity contribution in [1.82, 2.24) is 9.80 Å². The Morgan fingerprint density at radius 2 is 1.65 bits per heavy atom. The number of halogens is 2. The minimum absolute atomic E-state index is 0.0612. The Balaban J connectivity index is 1.51. The first-order chi connectivity index (χ1) is 12.5. The van der Waals surface area contributed by atoms with Crippen LogP contribution in [0.1, 0.15) is 10.4 Å². The van der Waals surface area contributed by atoms with E-state index in [1.54, 1.807) is 23.1 Å². The first kappa shape index (κ1) is 18.7. The van der Waals surface area contributed by atoms with Crippen LogP contribution in [0.3, 0.4) is 0 Å². The van der Waals surface area contributed by atoms with Crippen LogP contribution in [0.15, 0.2) is 48.5 Å². The Morgan fingerprint density at radius 3 is 2.35 bits per heavy atom. The number of nitrogens with zero attached hydrogens (tertiary/aromatic N) is 2. The van der Waals surface area contributed by atoms with E-state index < -0.39 is 0 Å². The van der Waals surface area contributed by atoms with Crippen molar-refractivity contribution in [3.05, 3.63) is 64.1 Å². The summed E-state index contributed by atoms with van der Waals surface area (Å²) >= 11 is 12.1. The number of carbonyl (C=O) groups excluding carboxylic acids is 2. The van der Waals surface area contributed by atoms with E-state index >= 15 is 0 Å². The Kier molecular flexibility index (Phi) is 6.14. The predicted octanol–water partition coefficient (Wildman–Crippen LogP) is 3.39. The molecule has 0 bridgehead atoms. The minimum Gasteiger partial charge on any atom is -0.336 e. The first-order valence-electron chi connectivity index (χ1n) is 8.34. The summed E-state index contributed by atoms with van der Waals surface area (Å²) in [6, 6.07) is 14.2. The lowest BCUT2D eigenvalue weighted by Crippen LogP contribution is -2.50. The molecule has 1 aliphatic rings. The molecule has 1 fully saturated rings. The van der Waals surface area contributed by atoms with Crippen LogP contribution < -0.4 is 5.32 Å². The van der Waals surface area contributed by atoms with Gasteiger partial charge in [0.05, 0.1) is 17.1 Å². The number of carbonyl (C=O) groups is 2. The molecule has 26 heavy (non-hydrogen) atoms. The molecular weight excluding hydrogens is 373 g/mol. The number of hydrogen-bond donors (Lipinski definition) is 1. The molecule has 0 spiro atoms. The molecule has 0 atom stereocenters. The molecule has 2 aromatic rings. The van der Waals surface area contributed by atoms with Crippen LogP contribution in [-0.2, 0) is 4.79 Å². The average Bonchev–Trinajstić information content (AvgIpc) is 2.64. The second-order valence-electron chi connectivity index (χ2n) is 6.11. The van der Waals surface area contributed by atoms with Crippen molar-refractivity contribution >= 4 is 40.7 Å². The Morgan fingerprint density at radius 1 is 0.962 bits per heavy atom. The second kappa shape index (κ2) is 8.54. The number of hydrogen-bond acceptors (Lipinski definition) is 3. The van der Waals surface area contributed by atoms with Gasteiger partial charge in [0.25, 0.3) is 5.91 Å². The molecule has 0 aliphatic carbocycles. The van der Waals surface area contributed by atoms with Gasteiger partial charge in [0.1, 0.15) is 0 Å². The highest BCUT2D eigenvalue weighted by atomic mass is 35.5. The number of anilines is 1. The van der Waals surface area contributed by atoms with E-state index in [-0.39, 0.29) is 11.8 Å². The van der Waals surface area contributed by atoms with E-state index in [0.29, 0.717) is 48.3 Å². The molecule has 0 radical (unpaired) electrons. The lowest BCUT2D eigenvalue weighted by atomic mass is 10.1. The van der Waals surface area contributed by atoms with Crippen molar-refractivity contribution in [3.8, 4) is 0 Å². The molecule has 0 unspecified atom stereocenters. The second-order valence-corrected chi connectivity index (χ2v) is 6.95. The number of piperazine rings is 1. The molecule has 5 nitrogen and oxygen atoms in total. The third-order valence-corrected chi connectivity index (χ3v) is 4.81.